The van der Waals surface area contributed by atoms with Crippen molar-refractivity contribution >= 4 is 39.8 Å². The molecular weight excluding hydrogens is 785 g/mol. The van der Waals surface area contributed by atoms with E-state index >= 15 is 8.78 Å². The van der Waals surface area contributed by atoms with Gasteiger partial charge < -0.3 is 15.2 Å². The fourth-order valence-corrected chi connectivity index (χ4v) is 9.46. The number of aromatic nitrogens is 4. The van der Waals surface area contributed by atoms with E-state index in [-0.39, 0.29) is 30.5 Å². The summed E-state index contributed by atoms with van der Waals surface area (Å²) in [5.74, 6) is -4.00. The number of methoxy groups -OCH3 is 1. The number of piperidine rings is 1. The Labute approximate surface area is 352 Å². The fraction of sp³-hybridized carbons (Fsp3) is 0.467. The second kappa shape index (κ2) is 17.4. The first kappa shape index (κ1) is 42.1. The highest BCUT2D eigenvalue weighted by molar-refractivity contribution is 6.05. The molecule has 2 atom stereocenters. The molecule has 3 amide bonds. The van der Waals surface area contributed by atoms with Crippen molar-refractivity contribution in [1.82, 2.24) is 34.5 Å². The molecule has 61 heavy (non-hydrogen) atoms. The van der Waals surface area contributed by atoms with Gasteiger partial charge in [-0.05, 0) is 113 Å². The molecule has 16 heteroatoms. The molecule has 3 N–H and O–H groups in total. The highest BCUT2D eigenvalue weighted by Crippen LogP contribution is 2.36. The molecule has 1 aliphatic carbocycles. The molecule has 2 aromatic carbocycles. The lowest BCUT2D eigenvalue weighted by atomic mass is 9.88. The summed E-state index contributed by atoms with van der Waals surface area (Å²) >= 11 is 0. The molecule has 0 spiro atoms. The largest absolute Gasteiger partial charge is 0.386 e. The van der Waals surface area contributed by atoms with Crippen LogP contribution in [0.1, 0.15) is 103 Å². The normalized spacial score (nSPS) is 21.8. The van der Waals surface area contributed by atoms with Crippen LogP contribution in [0.5, 0.6) is 0 Å². The summed E-state index contributed by atoms with van der Waals surface area (Å²) < 4.78 is 39.4. The first-order valence-corrected chi connectivity index (χ1v) is 21.0. The molecule has 8 rings (SSSR count). The molecular formula is C45H51F2N9O5. The minimum Gasteiger partial charge on any atom is -0.386 e. The Hall–Kier alpha value is -5.60. The summed E-state index contributed by atoms with van der Waals surface area (Å²) in [6.45, 7) is 7.32. The van der Waals surface area contributed by atoms with Crippen molar-refractivity contribution in [3.63, 3.8) is 0 Å². The van der Waals surface area contributed by atoms with Crippen molar-refractivity contribution in [3.05, 3.63) is 94.4 Å². The van der Waals surface area contributed by atoms with E-state index in [0.717, 1.165) is 62.8 Å². The number of piperazine rings is 1. The van der Waals surface area contributed by atoms with E-state index < -0.39 is 40.9 Å². The number of fused-ring (bicyclic) bond motifs is 2. The molecule has 2 aliphatic heterocycles. The van der Waals surface area contributed by atoms with Crippen molar-refractivity contribution in [2.24, 2.45) is 0 Å². The van der Waals surface area contributed by atoms with Gasteiger partial charge in [0.25, 0.3) is 5.91 Å². The van der Waals surface area contributed by atoms with Gasteiger partial charge in [-0.25, -0.2) is 13.3 Å². The van der Waals surface area contributed by atoms with E-state index in [9.17, 15) is 24.8 Å². The second-order valence-electron chi connectivity index (χ2n) is 17.2. The van der Waals surface area contributed by atoms with E-state index in [2.05, 4.69) is 31.6 Å². The Kier molecular flexibility index (Phi) is 12.0. The minimum atomic E-state index is -1.27. The van der Waals surface area contributed by atoms with Gasteiger partial charge in [0.05, 0.1) is 47.0 Å². The van der Waals surface area contributed by atoms with E-state index in [4.69, 9.17) is 9.84 Å². The highest BCUT2D eigenvalue weighted by Gasteiger charge is 2.35. The molecule has 3 fully saturated rings. The SMILES string of the molecule is COC[C@@H]1CN(C2CCC(n3cc4cc(NC(=O)c5ccc6cc(C#N)cnn56)c(C(C)(C)O)cc4n3)CC2)CCN1CCCc1cc(F)c(C2CCC(=O)NC2=O)c(F)c1. The Balaban J connectivity index is 0.870. The number of aryl methyl sites for hydroxylation is 1. The first-order chi connectivity index (χ1) is 29.3. The number of rotatable bonds is 12. The third kappa shape index (κ3) is 8.92. The van der Waals surface area contributed by atoms with Crippen molar-refractivity contribution < 1.29 is 33.0 Å². The monoisotopic (exact) mass is 835 g/mol. The molecule has 14 nitrogen and oxygen atoms in total. The maximum Gasteiger partial charge on any atom is 0.274 e. The number of imide groups is 1. The van der Waals surface area contributed by atoms with Gasteiger partial charge >= 0.3 is 0 Å². The number of benzene rings is 2. The molecule has 2 saturated heterocycles. The van der Waals surface area contributed by atoms with Crippen LogP contribution in [0.2, 0.25) is 0 Å². The summed E-state index contributed by atoms with van der Waals surface area (Å²) in [4.78, 5) is 42.3. The van der Waals surface area contributed by atoms with E-state index in [1.807, 2.05) is 23.0 Å². The number of nitrogens with zero attached hydrogens (tertiary/aromatic N) is 7. The van der Waals surface area contributed by atoms with E-state index in [1.165, 1.54) is 22.8 Å². The fourth-order valence-electron chi connectivity index (χ4n) is 9.46. The molecule has 5 heterocycles. The molecule has 1 unspecified atom stereocenters. The van der Waals surface area contributed by atoms with Crippen molar-refractivity contribution in [1.29, 1.82) is 5.26 Å². The Morgan fingerprint density at radius 2 is 1.80 bits per heavy atom. The zero-order valence-corrected chi connectivity index (χ0v) is 34.7. The van der Waals surface area contributed by atoms with Crippen LogP contribution in [-0.4, -0.2) is 104 Å². The topological polar surface area (TPSA) is 170 Å². The number of halogens is 2. The number of carbonyl (C=O) groups excluding carboxylic acids is 3. The number of hydrogen-bond acceptors (Lipinski definition) is 10. The quantitative estimate of drug-likeness (QED) is 0.135. The summed E-state index contributed by atoms with van der Waals surface area (Å²) in [5.41, 5.74) is 2.06. The van der Waals surface area contributed by atoms with Gasteiger partial charge in [0, 0.05) is 73.6 Å². The number of nitriles is 1. The molecule has 3 aliphatic rings. The van der Waals surface area contributed by atoms with Crippen LogP contribution in [0.4, 0.5) is 14.5 Å². The Morgan fingerprint density at radius 1 is 1.05 bits per heavy atom. The van der Waals surface area contributed by atoms with Crippen molar-refractivity contribution in [3.8, 4) is 6.07 Å². The van der Waals surface area contributed by atoms with Crippen LogP contribution >= 0.6 is 0 Å². The predicted molar refractivity (Wildman–Crippen MR) is 223 cm³/mol. The van der Waals surface area contributed by atoms with Gasteiger partial charge in [-0.2, -0.15) is 15.5 Å². The van der Waals surface area contributed by atoms with Gasteiger partial charge in [0.2, 0.25) is 11.8 Å². The number of hydrogen-bond donors (Lipinski definition) is 3. The summed E-state index contributed by atoms with van der Waals surface area (Å²) in [5, 5.41) is 35.6. The van der Waals surface area contributed by atoms with Crippen molar-refractivity contribution in [2.75, 3.05) is 45.2 Å². The number of carbonyl (C=O) groups is 3. The maximum atomic E-state index is 15.1. The lowest BCUT2D eigenvalue weighted by Gasteiger charge is -2.46. The minimum absolute atomic E-state index is 0.0519. The van der Waals surface area contributed by atoms with Gasteiger partial charge in [-0.1, -0.05) is 0 Å². The van der Waals surface area contributed by atoms with Crippen LogP contribution in [0.3, 0.4) is 0 Å². The first-order valence-electron chi connectivity index (χ1n) is 21.0. The van der Waals surface area contributed by atoms with Crippen LogP contribution in [-0.2, 0) is 26.3 Å². The molecule has 0 radical (unpaired) electrons. The average molecular weight is 836 g/mol. The van der Waals surface area contributed by atoms with Gasteiger partial charge in [0.15, 0.2) is 0 Å². The highest BCUT2D eigenvalue weighted by atomic mass is 19.1. The lowest BCUT2D eigenvalue weighted by molar-refractivity contribution is -0.134. The molecule has 3 aromatic heterocycles. The molecule has 1 saturated carbocycles. The number of aliphatic hydroxyl groups is 1. The molecule has 320 valence electrons. The molecule has 5 aromatic rings. The maximum absolute atomic E-state index is 15.1. The van der Waals surface area contributed by atoms with E-state index in [1.54, 1.807) is 39.2 Å². The Morgan fingerprint density at radius 3 is 2.51 bits per heavy atom. The zero-order valence-electron chi connectivity index (χ0n) is 34.7. The second-order valence-corrected chi connectivity index (χ2v) is 17.2. The van der Waals surface area contributed by atoms with Gasteiger partial charge in [0.1, 0.15) is 23.4 Å². The predicted octanol–water partition coefficient (Wildman–Crippen LogP) is 5.58. The van der Waals surface area contributed by atoms with Crippen LogP contribution in [0, 0.1) is 23.0 Å². The number of amides is 3. The van der Waals surface area contributed by atoms with Gasteiger partial charge in [-0.3, -0.25) is 34.2 Å². The van der Waals surface area contributed by atoms with E-state index in [0.29, 0.717) is 59.1 Å². The van der Waals surface area contributed by atoms with Crippen LogP contribution in [0.25, 0.3) is 16.4 Å². The number of ether oxygens (including phenoxy) is 1. The lowest BCUT2D eigenvalue weighted by Crippen LogP contribution is -2.57. The average Bonchev–Trinajstić information content (AvgIpc) is 3.85. The zero-order chi connectivity index (χ0) is 43.0. The van der Waals surface area contributed by atoms with Crippen molar-refractivity contribution in [2.45, 2.75) is 94.9 Å². The standard InChI is InChI=1S/C45H51F2N9O5/c1-45(2,60)35-21-38-29(20-39(35)50-44(59)40-12-10-32-17-28(22-48)23-49-56(32)40)24-55(52-38)31-8-6-30(7-9-31)54-16-15-53(33(25-54)26-61-3)14-4-5-27-18-36(46)42(37(47)19-27)34-11-13-41(57)51-43(34)58/h10,12,17-21,23-24,30-31,33-34,60H,4-9,11,13-16,25-26H2,1-3H3,(H,50,59)(H,51,57,58)/t30?,31?,33-,34?/m0/s1. The summed E-state index contributed by atoms with van der Waals surface area (Å²) in [6, 6.07) is 14.2. The number of nitrogens with one attached hydrogen (secondary N) is 2. The number of anilines is 1. The third-order valence-corrected chi connectivity index (χ3v) is 12.6. The van der Waals surface area contributed by atoms with Gasteiger partial charge in [-0.15, -0.1) is 0 Å². The van der Waals surface area contributed by atoms with Crippen LogP contribution in [0.15, 0.2) is 54.9 Å². The summed E-state index contributed by atoms with van der Waals surface area (Å²) in [6.07, 6.45) is 8.69. The molecule has 0 bridgehead atoms. The van der Waals surface area contributed by atoms with Crippen LogP contribution < -0.4 is 10.6 Å². The third-order valence-electron chi connectivity index (χ3n) is 12.6. The Bertz CT molecular complexity index is 2490. The smallest absolute Gasteiger partial charge is 0.274 e. The summed E-state index contributed by atoms with van der Waals surface area (Å²) in [7, 11) is 1.71.